The molecule has 1 saturated heterocycles. The number of piperidine rings is 1. The molecule has 0 unspecified atom stereocenters. The van der Waals surface area contributed by atoms with Crippen molar-refractivity contribution in [1.29, 1.82) is 0 Å². The minimum absolute atomic E-state index is 0.0499. The Morgan fingerprint density at radius 2 is 2.00 bits per heavy atom. The summed E-state index contributed by atoms with van der Waals surface area (Å²) in [7, 11) is 1.60. The Balaban J connectivity index is 1.99. The van der Waals surface area contributed by atoms with Crippen LogP contribution in [0.4, 0.5) is 0 Å². The minimum Gasteiger partial charge on any atom is -0.466 e. The number of esters is 1. The minimum atomic E-state index is -0.500. The van der Waals surface area contributed by atoms with Gasteiger partial charge in [-0.25, -0.2) is 0 Å². The van der Waals surface area contributed by atoms with Gasteiger partial charge in [-0.2, -0.15) is 0 Å². The highest BCUT2D eigenvalue weighted by Gasteiger charge is 2.39. The number of hydrogen-bond acceptors (Lipinski definition) is 5. The summed E-state index contributed by atoms with van der Waals surface area (Å²) in [6.45, 7) is 3.53. The molecule has 7 heteroatoms. The quantitative estimate of drug-likeness (QED) is 0.659. The van der Waals surface area contributed by atoms with Crippen LogP contribution in [0.25, 0.3) is 0 Å². The van der Waals surface area contributed by atoms with Crippen molar-refractivity contribution < 1.29 is 23.9 Å². The molecule has 1 saturated carbocycles. The van der Waals surface area contributed by atoms with E-state index in [1.54, 1.807) is 18.9 Å². The van der Waals surface area contributed by atoms with Crippen LogP contribution in [0.3, 0.4) is 0 Å². The SMILES string of the molecule is CCOC(=O)CC1(NC(=O)[C@H]2CCC(=O)N(CCOC)C2)CCCCC1. The molecule has 2 amide bonds. The summed E-state index contributed by atoms with van der Waals surface area (Å²) in [5.74, 6) is -0.461. The van der Waals surface area contributed by atoms with E-state index >= 15 is 0 Å². The lowest BCUT2D eigenvalue weighted by Crippen LogP contribution is -2.55. The lowest BCUT2D eigenvalue weighted by atomic mass is 9.78. The lowest BCUT2D eigenvalue weighted by Gasteiger charge is -2.40. The van der Waals surface area contributed by atoms with Gasteiger partial charge in [0.05, 0.1) is 31.1 Å². The fourth-order valence-corrected chi connectivity index (χ4v) is 3.97. The molecular formula is C19H32N2O5. The van der Waals surface area contributed by atoms with Gasteiger partial charge in [-0.05, 0) is 26.2 Å². The van der Waals surface area contributed by atoms with Gasteiger partial charge in [-0.15, -0.1) is 0 Å². The van der Waals surface area contributed by atoms with E-state index in [1.165, 1.54) is 0 Å². The number of nitrogens with one attached hydrogen (secondary N) is 1. The zero-order valence-electron chi connectivity index (χ0n) is 16.1. The molecule has 0 aromatic heterocycles. The van der Waals surface area contributed by atoms with Gasteiger partial charge in [0.15, 0.2) is 0 Å². The molecule has 1 aliphatic heterocycles. The first-order valence-corrected chi connectivity index (χ1v) is 9.74. The molecule has 1 aliphatic carbocycles. The molecule has 0 spiro atoms. The lowest BCUT2D eigenvalue weighted by molar-refractivity contribution is -0.146. The van der Waals surface area contributed by atoms with Crippen molar-refractivity contribution in [2.75, 3.05) is 33.4 Å². The second kappa shape index (κ2) is 9.90. The summed E-state index contributed by atoms with van der Waals surface area (Å²) in [6.07, 6.45) is 5.91. The van der Waals surface area contributed by atoms with E-state index in [4.69, 9.17) is 9.47 Å². The summed E-state index contributed by atoms with van der Waals surface area (Å²) < 4.78 is 10.2. The van der Waals surface area contributed by atoms with E-state index in [9.17, 15) is 14.4 Å². The Labute approximate surface area is 155 Å². The monoisotopic (exact) mass is 368 g/mol. The van der Waals surface area contributed by atoms with E-state index in [0.717, 1.165) is 32.1 Å². The van der Waals surface area contributed by atoms with E-state index in [2.05, 4.69) is 5.32 Å². The highest BCUT2D eigenvalue weighted by molar-refractivity contribution is 5.85. The molecule has 0 aromatic rings. The Morgan fingerprint density at radius 1 is 1.27 bits per heavy atom. The van der Waals surface area contributed by atoms with Gasteiger partial charge >= 0.3 is 5.97 Å². The molecule has 0 aromatic carbocycles. The van der Waals surface area contributed by atoms with Gasteiger partial charge in [0.2, 0.25) is 11.8 Å². The normalized spacial score (nSPS) is 22.8. The van der Waals surface area contributed by atoms with Crippen LogP contribution in [0.5, 0.6) is 0 Å². The molecule has 1 heterocycles. The average molecular weight is 368 g/mol. The number of nitrogens with zero attached hydrogens (tertiary/aromatic N) is 1. The number of ether oxygens (including phenoxy) is 2. The maximum atomic E-state index is 12.9. The summed E-state index contributed by atoms with van der Waals surface area (Å²) in [6, 6.07) is 0. The number of methoxy groups -OCH3 is 1. The predicted octanol–water partition coefficient (Wildman–Crippen LogP) is 1.64. The van der Waals surface area contributed by atoms with E-state index in [1.807, 2.05) is 0 Å². The van der Waals surface area contributed by atoms with Crippen LogP contribution in [0.15, 0.2) is 0 Å². The Hall–Kier alpha value is -1.63. The molecular weight excluding hydrogens is 336 g/mol. The van der Waals surface area contributed by atoms with Crippen LogP contribution >= 0.6 is 0 Å². The molecule has 2 rings (SSSR count). The molecule has 0 radical (unpaired) electrons. The summed E-state index contributed by atoms with van der Waals surface area (Å²) in [4.78, 5) is 38.7. The fourth-order valence-electron chi connectivity index (χ4n) is 3.97. The Morgan fingerprint density at radius 3 is 2.65 bits per heavy atom. The highest BCUT2D eigenvalue weighted by Crippen LogP contribution is 2.32. The van der Waals surface area contributed by atoms with Gasteiger partial charge in [0.25, 0.3) is 0 Å². The van der Waals surface area contributed by atoms with Gasteiger partial charge in [-0.1, -0.05) is 19.3 Å². The first-order valence-electron chi connectivity index (χ1n) is 9.74. The van der Waals surface area contributed by atoms with Gasteiger partial charge in [0, 0.05) is 26.6 Å². The summed E-state index contributed by atoms with van der Waals surface area (Å²) >= 11 is 0. The largest absolute Gasteiger partial charge is 0.466 e. The van der Waals surface area contributed by atoms with Crippen LogP contribution in [0.2, 0.25) is 0 Å². The smallest absolute Gasteiger partial charge is 0.308 e. The zero-order chi connectivity index (χ0) is 19.0. The van der Waals surface area contributed by atoms with Gasteiger partial charge in [-0.3, -0.25) is 14.4 Å². The molecule has 7 nitrogen and oxygen atoms in total. The first kappa shape index (κ1) is 20.7. The van der Waals surface area contributed by atoms with Crippen molar-refractivity contribution in [2.24, 2.45) is 5.92 Å². The molecule has 0 bridgehead atoms. The molecule has 2 fully saturated rings. The van der Waals surface area contributed by atoms with Crippen molar-refractivity contribution >= 4 is 17.8 Å². The standard InChI is InChI=1S/C19H32N2O5/c1-3-26-17(23)13-19(9-5-4-6-10-19)20-18(24)15-7-8-16(22)21(14-15)11-12-25-2/h15H,3-14H2,1-2H3,(H,20,24)/t15-/m0/s1. The number of likely N-dealkylation sites (tertiary alicyclic amines) is 1. The number of amides is 2. The van der Waals surface area contributed by atoms with E-state index in [-0.39, 0.29) is 30.1 Å². The average Bonchev–Trinajstić information content (AvgIpc) is 2.61. The van der Waals surface area contributed by atoms with Crippen LogP contribution < -0.4 is 5.32 Å². The Kier molecular flexibility index (Phi) is 7.87. The van der Waals surface area contributed by atoms with Crippen molar-refractivity contribution in [3.8, 4) is 0 Å². The van der Waals surface area contributed by atoms with E-state index < -0.39 is 5.54 Å². The topological polar surface area (TPSA) is 84.9 Å². The second-order valence-electron chi connectivity index (χ2n) is 7.38. The third kappa shape index (κ3) is 5.69. The fraction of sp³-hybridized carbons (Fsp3) is 0.842. The third-order valence-electron chi connectivity index (χ3n) is 5.42. The van der Waals surface area contributed by atoms with Crippen molar-refractivity contribution in [2.45, 2.75) is 63.8 Å². The van der Waals surface area contributed by atoms with Crippen molar-refractivity contribution in [1.82, 2.24) is 10.2 Å². The number of hydrogen-bond donors (Lipinski definition) is 1. The highest BCUT2D eigenvalue weighted by atomic mass is 16.5. The summed E-state index contributed by atoms with van der Waals surface area (Å²) in [5, 5.41) is 3.17. The van der Waals surface area contributed by atoms with Gasteiger partial charge < -0.3 is 19.7 Å². The maximum Gasteiger partial charge on any atom is 0.308 e. The second-order valence-corrected chi connectivity index (χ2v) is 7.38. The van der Waals surface area contributed by atoms with Crippen molar-refractivity contribution in [3.63, 3.8) is 0 Å². The molecule has 2 aliphatic rings. The molecule has 1 atom stereocenters. The van der Waals surface area contributed by atoms with Crippen LogP contribution in [-0.4, -0.2) is 61.6 Å². The van der Waals surface area contributed by atoms with Gasteiger partial charge in [0.1, 0.15) is 0 Å². The van der Waals surface area contributed by atoms with E-state index in [0.29, 0.717) is 39.1 Å². The number of carbonyl (C=O) groups is 3. The van der Waals surface area contributed by atoms with Crippen LogP contribution in [-0.2, 0) is 23.9 Å². The Bertz CT molecular complexity index is 502. The van der Waals surface area contributed by atoms with Crippen molar-refractivity contribution in [3.05, 3.63) is 0 Å². The molecule has 1 N–H and O–H groups in total. The third-order valence-corrected chi connectivity index (χ3v) is 5.42. The number of rotatable bonds is 8. The molecule has 148 valence electrons. The zero-order valence-corrected chi connectivity index (χ0v) is 16.1. The van der Waals surface area contributed by atoms with Crippen LogP contribution in [0.1, 0.15) is 58.3 Å². The number of carbonyl (C=O) groups excluding carboxylic acids is 3. The summed E-state index contributed by atoms with van der Waals surface area (Å²) in [5.41, 5.74) is -0.500. The maximum absolute atomic E-state index is 12.9. The molecule has 26 heavy (non-hydrogen) atoms. The van der Waals surface area contributed by atoms with Crippen LogP contribution in [0, 0.1) is 5.92 Å². The predicted molar refractivity (Wildman–Crippen MR) is 96.4 cm³/mol. The first-order chi connectivity index (χ1) is 12.5.